The number of pyridine rings is 1. The minimum absolute atomic E-state index is 0.0249. The van der Waals surface area contributed by atoms with Gasteiger partial charge in [-0.15, -0.1) is 0 Å². The fourth-order valence-corrected chi connectivity index (χ4v) is 3.08. The van der Waals surface area contributed by atoms with Crippen LogP contribution in [0.15, 0.2) is 66.9 Å². The van der Waals surface area contributed by atoms with Gasteiger partial charge in [-0.05, 0) is 55.0 Å². The first-order valence-electron chi connectivity index (χ1n) is 10.5. The molecule has 0 bridgehead atoms. The van der Waals surface area contributed by atoms with Gasteiger partial charge in [0.25, 0.3) is 5.91 Å². The Labute approximate surface area is 206 Å². The zero-order valence-electron chi connectivity index (χ0n) is 19.3. The summed E-state index contributed by atoms with van der Waals surface area (Å²) in [6.07, 6.45) is -4.68. The van der Waals surface area contributed by atoms with E-state index in [2.05, 4.69) is 20.9 Å². The minimum Gasteiger partial charge on any atom is -0.457 e. The second kappa shape index (κ2) is 10.4. The molecule has 0 radical (unpaired) electrons. The molecule has 7 nitrogen and oxygen atoms in total. The number of rotatable bonds is 7. The Kier molecular flexibility index (Phi) is 7.65. The van der Waals surface area contributed by atoms with Gasteiger partial charge in [-0.2, -0.15) is 22.0 Å². The zero-order chi connectivity index (χ0) is 27.4. The van der Waals surface area contributed by atoms with E-state index in [9.17, 15) is 35.9 Å². The summed E-state index contributed by atoms with van der Waals surface area (Å²) < 4.78 is 84.9. The van der Waals surface area contributed by atoms with Gasteiger partial charge in [0.2, 0.25) is 5.67 Å². The van der Waals surface area contributed by atoms with Crippen LogP contribution in [-0.4, -0.2) is 36.1 Å². The van der Waals surface area contributed by atoms with Crippen LogP contribution in [0, 0.1) is 0 Å². The fraction of sp³-hybridized carbons (Fsp3) is 0.208. The highest BCUT2D eigenvalue weighted by molar-refractivity contribution is 5.99. The highest BCUT2D eigenvalue weighted by Gasteiger charge is 2.69. The molecular formula is C24H20F6N4O3. The molecule has 196 valence electrons. The SMILES string of the molecule is CNC(=O)c1cc(Oc2ccc(NC(=O)Nc3ccc(C(C)(F)C(F)(F)C(F)(F)F)cc3)cc2)ccn1. The first kappa shape index (κ1) is 27.3. The molecule has 0 saturated heterocycles. The number of benzene rings is 2. The van der Waals surface area contributed by atoms with Crippen LogP contribution < -0.4 is 20.7 Å². The van der Waals surface area contributed by atoms with Crippen LogP contribution in [0.1, 0.15) is 23.0 Å². The molecule has 1 aromatic heterocycles. The molecule has 1 unspecified atom stereocenters. The van der Waals surface area contributed by atoms with Gasteiger partial charge < -0.3 is 20.7 Å². The van der Waals surface area contributed by atoms with Crippen molar-refractivity contribution in [1.82, 2.24) is 10.3 Å². The van der Waals surface area contributed by atoms with Gasteiger partial charge in [0.05, 0.1) is 0 Å². The van der Waals surface area contributed by atoms with Crippen molar-refractivity contribution in [3.05, 3.63) is 78.1 Å². The molecule has 1 heterocycles. The first-order valence-corrected chi connectivity index (χ1v) is 10.5. The number of nitrogens with one attached hydrogen (secondary N) is 3. The predicted molar refractivity (Wildman–Crippen MR) is 123 cm³/mol. The third kappa shape index (κ3) is 6.11. The highest BCUT2D eigenvalue weighted by Crippen LogP contribution is 2.50. The number of carbonyl (C=O) groups excluding carboxylic acids is 2. The van der Waals surface area contributed by atoms with Gasteiger partial charge in [-0.25, -0.2) is 9.18 Å². The number of hydrogen-bond donors (Lipinski definition) is 3. The molecule has 1 atom stereocenters. The van der Waals surface area contributed by atoms with E-state index in [1.807, 2.05) is 0 Å². The second-order valence-corrected chi connectivity index (χ2v) is 7.81. The van der Waals surface area contributed by atoms with Crippen LogP contribution in [0.5, 0.6) is 11.5 Å². The summed E-state index contributed by atoms with van der Waals surface area (Å²) in [7, 11) is 1.47. The van der Waals surface area contributed by atoms with Crippen LogP contribution in [0.25, 0.3) is 0 Å². The van der Waals surface area contributed by atoms with E-state index in [0.29, 0.717) is 17.2 Å². The quantitative estimate of drug-likeness (QED) is 0.317. The van der Waals surface area contributed by atoms with Crippen LogP contribution in [-0.2, 0) is 5.67 Å². The molecule has 3 rings (SSSR count). The maximum atomic E-state index is 14.4. The number of halogens is 6. The number of anilines is 2. The predicted octanol–water partition coefficient (Wildman–Crippen LogP) is 6.26. The average molecular weight is 526 g/mol. The van der Waals surface area contributed by atoms with E-state index in [4.69, 9.17) is 4.74 Å². The van der Waals surface area contributed by atoms with Crippen molar-refractivity contribution in [3.8, 4) is 11.5 Å². The third-order valence-corrected chi connectivity index (χ3v) is 5.17. The van der Waals surface area contributed by atoms with E-state index in [-0.39, 0.29) is 24.2 Å². The van der Waals surface area contributed by atoms with Gasteiger partial charge >= 0.3 is 18.1 Å². The Morgan fingerprint density at radius 3 is 1.86 bits per heavy atom. The lowest BCUT2D eigenvalue weighted by atomic mass is 9.90. The van der Waals surface area contributed by atoms with Gasteiger partial charge in [-0.3, -0.25) is 9.78 Å². The standard InChI is InChI=1S/C24H20F6N4O3/c1-22(25,23(26,27)24(28,29)30)14-3-5-15(6-4-14)33-21(36)34-16-7-9-17(10-8-16)37-18-11-12-32-19(13-18)20(35)31-2/h3-13H,1-2H3,(H,31,35)(H2,33,34,36). The summed E-state index contributed by atoms with van der Waals surface area (Å²) in [5.74, 6) is -5.26. The van der Waals surface area contributed by atoms with Crippen LogP contribution >= 0.6 is 0 Å². The van der Waals surface area contributed by atoms with Crippen LogP contribution in [0.3, 0.4) is 0 Å². The van der Waals surface area contributed by atoms with Crippen molar-refractivity contribution in [2.45, 2.75) is 24.7 Å². The molecule has 0 aliphatic carbocycles. The number of nitrogens with zero attached hydrogens (tertiary/aromatic N) is 1. The fourth-order valence-electron chi connectivity index (χ4n) is 3.08. The van der Waals surface area contributed by atoms with E-state index in [1.54, 1.807) is 6.07 Å². The molecule has 37 heavy (non-hydrogen) atoms. The lowest BCUT2D eigenvalue weighted by molar-refractivity contribution is -0.327. The number of urea groups is 1. The molecule has 0 aliphatic heterocycles. The normalized spacial score (nSPS) is 13.3. The average Bonchev–Trinajstić information content (AvgIpc) is 2.84. The van der Waals surface area contributed by atoms with Gasteiger partial charge in [0.1, 0.15) is 17.2 Å². The van der Waals surface area contributed by atoms with Gasteiger partial charge in [-0.1, -0.05) is 12.1 Å². The summed E-state index contributed by atoms with van der Waals surface area (Å²) in [4.78, 5) is 27.8. The zero-order valence-corrected chi connectivity index (χ0v) is 19.3. The van der Waals surface area contributed by atoms with Crippen molar-refractivity contribution in [1.29, 1.82) is 0 Å². The van der Waals surface area contributed by atoms with Crippen LogP contribution in [0.4, 0.5) is 42.5 Å². The minimum atomic E-state index is -6.08. The summed E-state index contributed by atoms with van der Waals surface area (Å²) in [6.45, 7) is 0.137. The second-order valence-electron chi connectivity index (χ2n) is 7.81. The van der Waals surface area contributed by atoms with Crippen molar-refractivity contribution in [2.24, 2.45) is 0 Å². The Balaban J connectivity index is 1.60. The monoisotopic (exact) mass is 526 g/mol. The van der Waals surface area contributed by atoms with Crippen molar-refractivity contribution in [3.63, 3.8) is 0 Å². The van der Waals surface area contributed by atoms with Crippen LogP contribution in [0.2, 0.25) is 0 Å². The topological polar surface area (TPSA) is 92.4 Å². The number of aromatic nitrogens is 1. The number of alkyl halides is 6. The number of amides is 3. The molecule has 3 amide bonds. The Bertz CT molecular complexity index is 1260. The van der Waals surface area contributed by atoms with Crippen molar-refractivity contribution in [2.75, 3.05) is 17.7 Å². The number of hydrogen-bond acceptors (Lipinski definition) is 4. The third-order valence-electron chi connectivity index (χ3n) is 5.17. The van der Waals surface area contributed by atoms with Gasteiger partial charge in [0, 0.05) is 30.7 Å². The lowest BCUT2D eigenvalue weighted by Crippen LogP contribution is -2.50. The smallest absolute Gasteiger partial charge is 0.457 e. The summed E-state index contributed by atoms with van der Waals surface area (Å²) >= 11 is 0. The molecule has 2 aromatic carbocycles. The van der Waals surface area contributed by atoms with E-state index in [0.717, 1.165) is 24.3 Å². The first-order chi connectivity index (χ1) is 17.2. The molecule has 0 saturated carbocycles. The lowest BCUT2D eigenvalue weighted by Gasteiger charge is -2.32. The largest absolute Gasteiger partial charge is 0.457 e. The molecule has 0 fully saturated rings. The molecule has 3 N–H and O–H groups in total. The number of ether oxygens (including phenoxy) is 1. The Hall–Kier alpha value is -4.29. The Morgan fingerprint density at radius 2 is 1.35 bits per heavy atom. The summed E-state index contributed by atoms with van der Waals surface area (Å²) in [5, 5.41) is 7.29. The molecule has 13 heteroatoms. The van der Waals surface area contributed by atoms with Gasteiger partial charge in [0.15, 0.2) is 0 Å². The van der Waals surface area contributed by atoms with Crippen molar-refractivity contribution >= 4 is 23.3 Å². The molecule has 3 aromatic rings. The molecule has 0 spiro atoms. The summed E-state index contributed by atoms with van der Waals surface area (Å²) in [5.41, 5.74) is -4.41. The number of carbonyl (C=O) groups is 2. The summed E-state index contributed by atoms with van der Waals surface area (Å²) in [6, 6.07) is 11.8. The maximum absolute atomic E-state index is 14.4. The maximum Gasteiger partial charge on any atom is 0.457 e. The molecule has 0 aliphatic rings. The van der Waals surface area contributed by atoms with E-state index < -0.39 is 29.4 Å². The van der Waals surface area contributed by atoms with E-state index >= 15 is 0 Å². The van der Waals surface area contributed by atoms with Crippen molar-refractivity contribution < 1.29 is 40.7 Å². The highest BCUT2D eigenvalue weighted by atomic mass is 19.4. The van der Waals surface area contributed by atoms with E-state index in [1.165, 1.54) is 43.6 Å². The molecular weight excluding hydrogens is 506 g/mol. The Morgan fingerprint density at radius 1 is 0.811 bits per heavy atom.